The van der Waals surface area contributed by atoms with Crippen molar-refractivity contribution < 1.29 is 0 Å². The van der Waals surface area contributed by atoms with Crippen LogP contribution in [-0.2, 0) is 0 Å². The molecule has 1 N–H and O–H groups in total. The van der Waals surface area contributed by atoms with Gasteiger partial charge in [-0.2, -0.15) is 0 Å². The van der Waals surface area contributed by atoms with E-state index in [1.807, 2.05) is 11.3 Å². The molecule has 88 valence electrons. The molecule has 0 aromatic carbocycles. The third-order valence-corrected chi connectivity index (χ3v) is 5.14. The van der Waals surface area contributed by atoms with Crippen LogP contribution in [0, 0.1) is 6.92 Å². The van der Waals surface area contributed by atoms with E-state index >= 15 is 0 Å². The van der Waals surface area contributed by atoms with Crippen LogP contribution < -0.4 is 5.32 Å². The Hall–Kier alpha value is -0.160. The molecule has 0 aliphatic carbocycles. The highest BCUT2D eigenvalue weighted by atomic mass is 79.9. The topological polar surface area (TPSA) is 15.3 Å². The van der Waals surface area contributed by atoms with E-state index < -0.39 is 0 Å². The number of nitrogens with one attached hydrogen (secondary N) is 1. The molecule has 0 radical (unpaired) electrons. The van der Waals surface area contributed by atoms with Crippen LogP contribution in [0.2, 0.25) is 0 Å². The van der Waals surface area contributed by atoms with Gasteiger partial charge in [0, 0.05) is 31.1 Å². The van der Waals surface area contributed by atoms with Crippen LogP contribution in [0.5, 0.6) is 0 Å². The first-order valence-electron chi connectivity index (χ1n) is 5.55. The van der Waals surface area contributed by atoms with Gasteiger partial charge >= 0.3 is 0 Å². The summed E-state index contributed by atoms with van der Waals surface area (Å²) in [6.07, 6.45) is 2.06. The predicted molar refractivity (Wildman–Crippen MR) is 74.1 cm³/mol. The second kappa shape index (κ2) is 5.45. The number of rotatable bonds is 3. The fraction of sp³-hybridized carbons (Fsp3) is 0.500. The Kier molecular flexibility index (Phi) is 4.19. The van der Waals surface area contributed by atoms with Crippen molar-refractivity contribution in [3.63, 3.8) is 0 Å². The quantitative estimate of drug-likeness (QED) is 0.864. The Morgan fingerprint density at radius 2 is 2.25 bits per heavy atom. The molecule has 16 heavy (non-hydrogen) atoms. The molecular formula is C12H17BrN2S. The third kappa shape index (κ3) is 2.56. The van der Waals surface area contributed by atoms with E-state index in [1.165, 1.54) is 14.2 Å². The van der Waals surface area contributed by atoms with Crippen molar-refractivity contribution in [2.75, 3.05) is 26.2 Å². The zero-order valence-electron chi connectivity index (χ0n) is 9.50. The fourth-order valence-electron chi connectivity index (χ4n) is 2.03. The van der Waals surface area contributed by atoms with E-state index in [9.17, 15) is 0 Å². The monoisotopic (exact) mass is 300 g/mol. The summed E-state index contributed by atoms with van der Waals surface area (Å²) in [4.78, 5) is 3.88. The number of halogens is 1. The number of hydrogen-bond donors (Lipinski definition) is 1. The molecular weight excluding hydrogens is 284 g/mol. The van der Waals surface area contributed by atoms with Gasteiger partial charge in [-0.15, -0.1) is 17.9 Å². The van der Waals surface area contributed by atoms with Gasteiger partial charge in [0.1, 0.15) is 0 Å². The molecule has 0 amide bonds. The zero-order valence-corrected chi connectivity index (χ0v) is 11.9. The molecule has 1 aliphatic heterocycles. The lowest BCUT2D eigenvalue weighted by molar-refractivity contribution is 0.206. The highest BCUT2D eigenvalue weighted by molar-refractivity contribution is 9.11. The van der Waals surface area contributed by atoms with Crippen molar-refractivity contribution in [2.24, 2.45) is 0 Å². The molecule has 2 nitrogen and oxygen atoms in total. The normalized spacial score (nSPS) is 19.6. The van der Waals surface area contributed by atoms with Crippen LogP contribution >= 0.6 is 27.3 Å². The predicted octanol–water partition coefficient (Wildman–Crippen LogP) is 2.95. The summed E-state index contributed by atoms with van der Waals surface area (Å²) in [6, 6.07) is 2.64. The Morgan fingerprint density at radius 3 is 2.75 bits per heavy atom. The number of thiophene rings is 1. The lowest BCUT2D eigenvalue weighted by Gasteiger charge is -2.32. The number of hydrogen-bond acceptors (Lipinski definition) is 3. The standard InChI is InChI=1S/C12H17BrN2S/c1-3-10(15-6-4-14-5-7-15)11-8-9(2)12(13)16-11/h3,8,10,14H,1,4-7H2,2H3/t10-/m0/s1. The highest BCUT2D eigenvalue weighted by Gasteiger charge is 2.21. The largest absolute Gasteiger partial charge is 0.314 e. The van der Waals surface area contributed by atoms with Crippen molar-refractivity contribution in [1.29, 1.82) is 0 Å². The maximum atomic E-state index is 3.98. The van der Waals surface area contributed by atoms with Gasteiger partial charge in [-0.25, -0.2) is 0 Å². The van der Waals surface area contributed by atoms with Crippen molar-refractivity contribution in [3.8, 4) is 0 Å². The van der Waals surface area contributed by atoms with Crippen LogP contribution in [0.4, 0.5) is 0 Å². The third-order valence-electron chi connectivity index (χ3n) is 2.94. The maximum absolute atomic E-state index is 3.98. The zero-order chi connectivity index (χ0) is 11.5. The lowest BCUT2D eigenvalue weighted by Crippen LogP contribution is -2.44. The number of aryl methyl sites for hydroxylation is 1. The average molecular weight is 301 g/mol. The molecule has 2 heterocycles. The summed E-state index contributed by atoms with van der Waals surface area (Å²) >= 11 is 5.41. The van der Waals surface area contributed by atoms with Crippen LogP contribution in [0.15, 0.2) is 22.5 Å². The second-order valence-electron chi connectivity index (χ2n) is 4.07. The van der Waals surface area contributed by atoms with E-state index in [1.54, 1.807) is 0 Å². The van der Waals surface area contributed by atoms with Crippen molar-refractivity contribution in [2.45, 2.75) is 13.0 Å². The first kappa shape index (κ1) is 12.3. The van der Waals surface area contributed by atoms with Crippen molar-refractivity contribution in [3.05, 3.63) is 32.9 Å². The molecule has 0 unspecified atom stereocenters. The van der Waals surface area contributed by atoms with Gasteiger partial charge in [0.2, 0.25) is 0 Å². The molecule has 1 saturated heterocycles. The van der Waals surface area contributed by atoms with Crippen LogP contribution in [0.25, 0.3) is 0 Å². The van der Waals surface area contributed by atoms with E-state index in [-0.39, 0.29) is 0 Å². The minimum atomic E-state index is 0.372. The van der Waals surface area contributed by atoms with Gasteiger partial charge in [-0.1, -0.05) is 6.08 Å². The van der Waals surface area contributed by atoms with E-state index in [0.29, 0.717) is 6.04 Å². The summed E-state index contributed by atoms with van der Waals surface area (Å²) in [6.45, 7) is 10.5. The molecule has 1 aromatic rings. The maximum Gasteiger partial charge on any atom is 0.0731 e. The van der Waals surface area contributed by atoms with Gasteiger partial charge in [-0.05, 0) is 34.5 Å². The number of piperazine rings is 1. The molecule has 1 aliphatic rings. The Labute approximate surface area is 109 Å². The summed E-state index contributed by atoms with van der Waals surface area (Å²) in [7, 11) is 0. The molecule has 0 spiro atoms. The molecule has 1 atom stereocenters. The van der Waals surface area contributed by atoms with E-state index in [4.69, 9.17) is 0 Å². The van der Waals surface area contributed by atoms with Gasteiger partial charge in [0.25, 0.3) is 0 Å². The van der Waals surface area contributed by atoms with Crippen molar-refractivity contribution >= 4 is 27.3 Å². The fourth-order valence-corrected chi connectivity index (χ4v) is 3.74. The minimum Gasteiger partial charge on any atom is -0.314 e. The summed E-state index contributed by atoms with van der Waals surface area (Å²) in [5, 5.41) is 3.38. The second-order valence-corrected chi connectivity index (χ2v) is 6.47. The van der Waals surface area contributed by atoms with Gasteiger partial charge in [-0.3, -0.25) is 4.90 Å². The van der Waals surface area contributed by atoms with Crippen molar-refractivity contribution in [1.82, 2.24) is 10.2 Å². The molecule has 0 bridgehead atoms. The summed E-state index contributed by atoms with van der Waals surface area (Å²) < 4.78 is 1.24. The molecule has 1 fully saturated rings. The SMILES string of the molecule is C=C[C@@H](c1cc(C)c(Br)s1)N1CCNCC1. The average Bonchev–Trinajstić information content (AvgIpc) is 2.61. The lowest BCUT2D eigenvalue weighted by atomic mass is 10.1. The van der Waals surface area contributed by atoms with Gasteiger partial charge < -0.3 is 5.32 Å². The first-order chi connectivity index (χ1) is 7.72. The van der Waals surface area contributed by atoms with E-state index in [2.05, 4.69) is 51.8 Å². The van der Waals surface area contributed by atoms with E-state index in [0.717, 1.165) is 26.2 Å². The van der Waals surface area contributed by atoms with Gasteiger partial charge in [0.15, 0.2) is 0 Å². The Balaban J connectivity index is 2.17. The highest BCUT2D eigenvalue weighted by Crippen LogP contribution is 2.34. The van der Waals surface area contributed by atoms with Crippen LogP contribution in [-0.4, -0.2) is 31.1 Å². The molecule has 2 rings (SSSR count). The Morgan fingerprint density at radius 1 is 1.56 bits per heavy atom. The summed E-state index contributed by atoms with van der Waals surface area (Å²) in [5.41, 5.74) is 1.32. The van der Waals surface area contributed by atoms with Crippen LogP contribution in [0.1, 0.15) is 16.5 Å². The molecule has 4 heteroatoms. The Bertz CT molecular complexity index is 350. The molecule has 1 aromatic heterocycles. The molecule has 0 saturated carbocycles. The minimum absolute atomic E-state index is 0.372. The summed E-state index contributed by atoms with van der Waals surface area (Å²) in [5.74, 6) is 0. The van der Waals surface area contributed by atoms with Gasteiger partial charge in [0.05, 0.1) is 9.83 Å². The number of nitrogens with zero attached hydrogens (tertiary/aromatic N) is 1. The first-order valence-corrected chi connectivity index (χ1v) is 7.16. The van der Waals surface area contributed by atoms with Crippen LogP contribution in [0.3, 0.4) is 0 Å². The smallest absolute Gasteiger partial charge is 0.0731 e.